The van der Waals surface area contributed by atoms with E-state index in [0.717, 1.165) is 11.8 Å². The summed E-state index contributed by atoms with van der Waals surface area (Å²) in [5.74, 6) is -1.18. The van der Waals surface area contributed by atoms with E-state index in [0.29, 0.717) is 32.5 Å². The van der Waals surface area contributed by atoms with Gasteiger partial charge in [-0.15, -0.1) is 0 Å². The minimum absolute atomic E-state index is 0.299. The molecule has 2 rings (SSSR count). The van der Waals surface area contributed by atoms with Gasteiger partial charge in [-0.3, -0.25) is 9.59 Å². The normalized spacial score (nSPS) is 17.7. The first-order valence-electron chi connectivity index (χ1n) is 8.24. The number of hydrogen-bond donors (Lipinski definition) is 1. The van der Waals surface area contributed by atoms with E-state index < -0.39 is 22.1 Å². The first-order valence-corrected chi connectivity index (χ1v) is 10.1. The molecular formula is C17H24N2O5S. The fraction of sp³-hybridized carbons (Fsp3) is 0.529. The molecule has 0 spiro atoms. The highest BCUT2D eigenvalue weighted by molar-refractivity contribution is 7.88. The third-order valence-electron chi connectivity index (χ3n) is 4.23. The Bertz CT molecular complexity index is 697. The van der Waals surface area contributed by atoms with E-state index in [4.69, 9.17) is 4.74 Å². The van der Waals surface area contributed by atoms with Crippen LogP contribution in [0.3, 0.4) is 0 Å². The Hall–Kier alpha value is -1.93. The van der Waals surface area contributed by atoms with Gasteiger partial charge in [0, 0.05) is 19.6 Å². The molecule has 1 N–H and O–H groups in total. The van der Waals surface area contributed by atoms with Crippen molar-refractivity contribution in [3.8, 4) is 0 Å². The number of nitrogens with zero attached hydrogens (tertiary/aromatic N) is 1. The van der Waals surface area contributed by atoms with Crippen molar-refractivity contribution in [2.45, 2.75) is 32.4 Å². The topological polar surface area (TPSA) is 92.8 Å². The fourth-order valence-corrected chi connectivity index (χ4v) is 3.55. The van der Waals surface area contributed by atoms with E-state index in [2.05, 4.69) is 5.32 Å². The number of ether oxygens (including phenoxy) is 1. The number of carbonyl (C=O) groups excluding carboxylic acids is 2. The number of rotatable bonds is 6. The van der Waals surface area contributed by atoms with Crippen LogP contribution in [0.15, 0.2) is 30.3 Å². The minimum Gasteiger partial charge on any atom is -0.452 e. The molecule has 25 heavy (non-hydrogen) atoms. The van der Waals surface area contributed by atoms with Crippen molar-refractivity contribution < 1.29 is 22.7 Å². The van der Waals surface area contributed by atoms with Crippen molar-refractivity contribution >= 4 is 21.9 Å². The van der Waals surface area contributed by atoms with Crippen LogP contribution in [0.5, 0.6) is 0 Å². The van der Waals surface area contributed by atoms with Crippen molar-refractivity contribution in [1.82, 2.24) is 9.62 Å². The number of benzene rings is 1. The zero-order valence-corrected chi connectivity index (χ0v) is 15.3. The average Bonchev–Trinajstić information content (AvgIpc) is 2.59. The Morgan fingerprint density at radius 3 is 2.40 bits per heavy atom. The van der Waals surface area contributed by atoms with E-state index >= 15 is 0 Å². The number of piperidine rings is 1. The Labute approximate surface area is 148 Å². The van der Waals surface area contributed by atoms with Crippen molar-refractivity contribution in [3.05, 3.63) is 35.9 Å². The predicted molar refractivity (Wildman–Crippen MR) is 93.0 cm³/mol. The third kappa shape index (κ3) is 5.82. The molecule has 138 valence electrons. The summed E-state index contributed by atoms with van der Waals surface area (Å²) in [6.07, 6.45) is 1.09. The molecule has 7 nitrogen and oxygen atoms in total. The molecule has 1 heterocycles. The smallest absolute Gasteiger partial charge is 0.309 e. The van der Waals surface area contributed by atoms with Crippen LogP contribution < -0.4 is 5.32 Å². The van der Waals surface area contributed by atoms with Gasteiger partial charge in [-0.25, -0.2) is 12.7 Å². The number of esters is 1. The summed E-state index contributed by atoms with van der Waals surface area (Å²) < 4.78 is 29.5. The minimum atomic E-state index is -3.23. The lowest BCUT2D eigenvalue weighted by Crippen LogP contribution is -2.42. The van der Waals surface area contributed by atoms with Crippen LogP contribution in [0.1, 0.15) is 25.3 Å². The maximum absolute atomic E-state index is 12.2. The van der Waals surface area contributed by atoms with E-state index in [1.807, 2.05) is 30.3 Å². The second-order valence-electron chi connectivity index (χ2n) is 6.22. The molecule has 1 atom stereocenters. The number of nitrogens with one attached hydrogen (secondary N) is 1. The van der Waals surface area contributed by atoms with Crippen LogP contribution in [-0.4, -0.2) is 50.0 Å². The van der Waals surface area contributed by atoms with Crippen molar-refractivity contribution in [2.24, 2.45) is 5.92 Å². The number of amides is 1. The third-order valence-corrected chi connectivity index (χ3v) is 5.53. The first kappa shape index (κ1) is 19.4. The predicted octanol–water partition coefficient (Wildman–Crippen LogP) is 0.906. The average molecular weight is 368 g/mol. The second kappa shape index (κ2) is 8.44. The molecule has 0 radical (unpaired) electrons. The highest BCUT2D eigenvalue weighted by Crippen LogP contribution is 2.21. The molecule has 0 aromatic heterocycles. The molecule has 1 aromatic carbocycles. The standard InChI is InChI=1S/C17H24N2O5S/c1-13(16(20)18-12-14-6-4-3-5-7-14)24-17(21)15-8-10-19(11-9-15)25(2,22)23/h3-7,13,15H,8-12H2,1-2H3,(H,18,20)/t13-/m1/s1. The van der Waals surface area contributed by atoms with E-state index in [9.17, 15) is 18.0 Å². The molecule has 0 unspecified atom stereocenters. The van der Waals surface area contributed by atoms with Crippen LogP contribution in [0, 0.1) is 5.92 Å². The molecule has 1 aromatic rings. The van der Waals surface area contributed by atoms with Gasteiger partial charge in [0.25, 0.3) is 5.91 Å². The lowest BCUT2D eigenvalue weighted by Gasteiger charge is -2.29. The van der Waals surface area contributed by atoms with Crippen molar-refractivity contribution in [3.63, 3.8) is 0 Å². The van der Waals surface area contributed by atoms with Gasteiger partial charge in [0.15, 0.2) is 6.10 Å². The van der Waals surface area contributed by atoms with Gasteiger partial charge in [-0.2, -0.15) is 0 Å². The van der Waals surface area contributed by atoms with Gasteiger partial charge in [-0.05, 0) is 25.3 Å². The Morgan fingerprint density at radius 2 is 1.84 bits per heavy atom. The SMILES string of the molecule is C[C@@H](OC(=O)C1CCN(S(C)(=O)=O)CC1)C(=O)NCc1ccccc1. The van der Waals surface area contributed by atoms with Crippen LogP contribution in [0.4, 0.5) is 0 Å². The fourth-order valence-electron chi connectivity index (χ4n) is 2.68. The van der Waals surface area contributed by atoms with E-state index in [1.54, 1.807) is 0 Å². The van der Waals surface area contributed by atoms with E-state index in [-0.39, 0.29) is 11.8 Å². The van der Waals surface area contributed by atoms with Crippen LogP contribution in [0.25, 0.3) is 0 Å². The summed E-state index contributed by atoms with van der Waals surface area (Å²) in [5.41, 5.74) is 0.961. The van der Waals surface area contributed by atoms with E-state index in [1.165, 1.54) is 11.2 Å². The Morgan fingerprint density at radius 1 is 1.24 bits per heavy atom. The van der Waals surface area contributed by atoms with Gasteiger partial charge in [0.1, 0.15) is 0 Å². The number of carbonyl (C=O) groups is 2. The van der Waals surface area contributed by atoms with Crippen molar-refractivity contribution in [1.29, 1.82) is 0 Å². The zero-order chi connectivity index (χ0) is 18.4. The summed E-state index contributed by atoms with van der Waals surface area (Å²) in [6.45, 7) is 2.50. The largest absolute Gasteiger partial charge is 0.452 e. The lowest BCUT2D eigenvalue weighted by molar-refractivity contribution is -0.159. The number of hydrogen-bond acceptors (Lipinski definition) is 5. The second-order valence-corrected chi connectivity index (χ2v) is 8.20. The Balaban J connectivity index is 1.77. The van der Waals surface area contributed by atoms with Crippen LogP contribution in [-0.2, 0) is 30.9 Å². The highest BCUT2D eigenvalue weighted by atomic mass is 32.2. The van der Waals surface area contributed by atoms with Gasteiger partial charge in [0.05, 0.1) is 12.2 Å². The molecule has 0 bridgehead atoms. The summed E-state index contributed by atoms with van der Waals surface area (Å²) in [6, 6.07) is 9.45. The molecular weight excluding hydrogens is 344 g/mol. The maximum atomic E-state index is 12.2. The summed E-state index contributed by atoms with van der Waals surface area (Å²) in [4.78, 5) is 24.2. The van der Waals surface area contributed by atoms with Crippen LogP contribution >= 0.6 is 0 Å². The van der Waals surface area contributed by atoms with Gasteiger partial charge in [-0.1, -0.05) is 30.3 Å². The number of sulfonamides is 1. The Kier molecular flexibility index (Phi) is 6.55. The molecule has 0 saturated carbocycles. The van der Waals surface area contributed by atoms with Gasteiger partial charge >= 0.3 is 5.97 Å². The van der Waals surface area contributed by atoms with Crippen molar-refractivity contribution in [2.75, 3.05) is 19.3 Å². The quantitative estimate of drug-likeness (QED) is 0.754. The monoisotopic (exact) mass is 368 g/mol. The summed E-state index contributed by atoms with van der Waals surface area (Å²) in [7, 11) is -3.23. The molecule has 1 amide bonds. The lowest BCUT2D eigenvalue weighted by atomic mass is 9.98. The molecule has 0 aliphatic carbocycles. The van der Waals surface area contributed by atoms with Gasteiger partial charge in [0.2, 0.25) is 10.0 Å². The van der Waals surface area contributed by atoms with Gasteiger partial charge < -0.3 is 10.1 Å². The molecule has 1 aliphatic heterocycles. The van der Waals surface area contributed by atoms with Crippen LogP contribution in [0.2, 0.25) is 0 Å². The molecule has 1 fully saturated rings. The molecule has 1 saturated heterocycles. The molecule has 8 heteroatoms. The first-order chi connectivity index (χ1) is 11.8. The summed E-state index contributed by atoms with van der Waals surface area (Å²) >= 11 is 0. The summed E-state index contributed by atoms with van der Waals surface area (Å²) in [5, 5.41) is 2.73. The molecule has 1 aliphatic rings. The highest BCUT2D eigenvalue weighted by Gasteiger charge is 2.31. The zero-order valence-electron chi connectivity index (χ0n) is 14.5. The maximum Gasteiger partial charge on any atom is 0.309 e.